The predicted octanol–water partition coefficient (Wildman–Crippen LogP) is 1.17. The molecule has 2 heterocycles. The number of carbonyl (C=O) groups excluding carboxylic acids is 3. The second-order valence-electron chi connectivity index (χ2n) is 6.50. The summed E-state index contributed by atoms with van der Waals surface area (Å²) in [5.41, 5.74) is 2.07. The molecule has 0 unspecified atom stereocenters. The summed E-state index contributed by atoms with van der Waals surface area (Å²) >= 11 is 0. The molecule has 0 aliphatic carbocycles. The van der Waals surface area contributed by atoms with Crippen molar-refractivity contribution in [3.8, 4) is 0 Å². The number of para-hydroxylation sites is 1. The fourth-order valence-electron chi connectivity index (χ4n) is 3.20. The van der Waals surface area contributed by atoms with Gasteiger partial charge >= 0.3 is 6.03 Å². The lowest BCUT2D eigenvalue weighted by Crippen LogP contribution is -2.37. The van der Waals surface area contributed by atoms with Gasteiger partial charge in [0, 0.05) is 43.9 Å². The minimum Gasteiger partial charge on any atom is -0.385 e. The number of amides is 4. The lowest BCUT2D eigenvalue weighted by molar-refractivity contribution is -0.130. The molecule has 27 heavy (non-hydrogen) atoms. The number of fused-ring (bicyclic) bond motifs is 1. The average molecular weight is 372 g/mol. The molecule has 1 saturated heterocycles. The lowest BCUT2D eigenvalue weighted by Gasteiger charge is -2.12. The summed E-state index contributed by atoms with van der Waals surface area (Å²) in [7, 11) is 1.60. The van der Waals surface area contributed by atoms with E-state index in [0.717, 1.165) is 16.5 Å². The van der Waals surface area contributed by atoms with Gasteiger partial charge in [-0.1, -0.05) is 18.2 Å². The van der Waals surface area contributed by atoms with Crippen molar-refractivity contribution in [3.05, 3.63) is 36.0 Å². The average Bonchev–Trinajstić information content (AvgIpc) is 3.18. The summed E-state index contributed by atoms with van der Waals surface area (Å²) in [6, 6.07) is 6.64. The quantitative estimate of drug-likeness (QED) is 0.454. The van der Waals surface area contributed by atoms with Crippen LogP contribution in [0.15, 0.2) is 30.5 Å². The van der Waals surface area contributed by atoms with Crippen molar-refractivity contribution >= 4 is 28.7 Å². The van der Waals surface area contributed by atoms with Gasteiger partial charge in [0.2, 0.25) is 5.91 Å². The first-order valence-electron chi connectivity index (χ1n) is 9.02. The van der Waals surface area contributed by atoms with Crippen LogP contribution in [0.2, 0.25) is 0 Å². The minimum atomic E-state index is -0.803. The zero-order valence-corrected chi connectivity index (χ0v) is 15.3. The Morgan fingerprint density at radius 3 is 2.93 bits per heavy atom. The summed E-state index contributed by atoms with van der Waals surface area (Å²) in [6.07, 6.45) is 3.10. The number of carbonyl (C=O) groups is 3. The monoisotopic (exact) mass is 372 g/mol. The molecule has 0 radical (unpaired) electrons. The molecule has 3 rings (SSSR count). The highest BCUT2D eigenvalue weighted by atomic mass is 16.5. The first kappa shape index (κ1) is 18.9. The highest BCUT2D eigenvalue weighted by Crippen LogP contribution is 2.19. The van der Waals surface area contributed by atoms with Crippen LogP contribution in [0, 0.1) is 0 Å². The third-order valence-corrected chi connectivity index (χ3v) is 4.62. The van der Waals surface area contributed by atoms with Crippen LogP contribution in [0.3, 0.4) is 0 Å². The van der Waals surface area contributed by atoms with Crippen molar-refractivity contribution in [2.24, 2.45) is 0 Å². The Kier molecular flexibility index (Phi) is 6.08. The van der Waals surface area contributed by atoms with Gasteiger partial charge in [-0.3, -0.25) is 14.5 Å². The van der Waals surface area contributed by atoms with E-state index in [2.05, 4.69) is 15.6 Å². The molecule has 8 nitrogen and oxygen atoms in total. The first-order valence-corrected chi connectivity index (χ1v) is 9.02. The summed E-state index contributed by atoms with van der Waals surface area (Å²) in [6.45, 7) is 1.31. The Labute approximate surface area is 157 Å². The molecule has 1 aromatic carbocycles. The molecule has 144 valence electrons. The van der Waals surface area contributed by atoms with Crippen molar-refractivity contribution < 1.29 is 19.1 Å². The Bertz CT molecular complexity index is 832. The van der Waals surface area contributed by atoms with Crippen molar-refractivity contribution in [3.63, 3.8) is 0 Å². The van der Waals surface area contributed by atoms with Gasteiger partial charge in [0.15, 0.2) is 0 Å². The van der Waals surface area contributed by atoms with E-state index < -0.39 is 12.1 Å². The molecule has 0 saturated carbocycles. The molecule has 3 N–H and O–H groups in total. The molecule has 2 aromatic rings. The molecule has 1 fully saturated rings. The second-order valence-corrected chi connectivity index (χ2v) is 6.50. The third kappa shape index (κ3) is 4.46. The van der Waals surface area contributed by atoms with E-state index >= 15 is 0 Å². The maximum atomic E-state index is 12.5. The van der Waals surface area contributed by atoms with E-state index in [0.29, 0.717) is 26.0 Å². The number of ether oxygens (including phenoxy) is 1. The molecule has 1 aromatic heterocycles. The van der Waals surface area contributed by atoms with Gasteiger partial charge in [-0.05, 0) is 24.5 Å². The summed E-state index contributed by atoms with van der Waals surface area (Å²) < 4.78 is 4.92. The Balaban J connectivity index is 1.52. The smallest absolute Gasteiger partial charge is 0.324 e. The number of urea groups is 1. The highest BCUT2D eigenvalue weighted by molar-refractivity contribution is 6.05. The van der Waals surface area contributed by atoms with Crippen molar-refractivity contribution in [2.75, 3.05) is 26.8 Å². The first-order chi connectivity index (χ1) is 13.1. The third-order valence-electron chi connectivity index (χ3n) is 4.62. The zero-order chi connectivity index (χ0) is 19.2. The number of rotatable bonds is 9. The van der Waals surface area contributed by atoms with E-state index in [4.69, 9.17) is 4.74 Å². The number of methoxy groups -OCH3 is 1. The number of benzene rings is 1. The van der Waals surface area contributed by atoms with Crippen LogP contribution in [0.25, 0.3) is 10.9 Å². The predicted molar refractivity (Wildman–Crippen MR) is 100 cm³/mol. The molecule has 1 atom stereocenters. The van der Waals surface area contributed by atoms with E-state index in [-0.39, 0.29) is 24.8 Å². The normalized spacial score (nSPS) is 16.8. The molecule has 4 amide bonds. The van der Waals surface area contributed by atoms with Gasteiger partial charge in [-0.25, -0.2) is 4.79 Å². The van der Waals surface area contributed by atoms with Gasteiger partial charge < -0.3 is 20.4 Å². The Morgan fingerprint density at radius 2 is 2.11 bits per heavy atom. The molecule has 1 aliphatic heterocycles. The number of hydrogen-bond donors (Lipinski definition) is 3. The number of aromatic amines is 1. The highest BCUT2D eigenvalue weighted by Gasteiger charge is 2.38. The summed E-state index contributed by atoms with van der Waals surface area (Å²) in [4.78, 5) is 40.9. The van der Waals surface area contributed by atoms with Crippen LogP contribution >= 0.6 is 0 Å². The fourth-order valence-corrected chi connectivity index (χ4v) is 3.20. The van der Waals surface area contributed by atoms with Gasteiger partial charge in [-0.15, -0.1) is 0 Å². The number of aromatic nitrogens is 1. The summed E-state index contributed by atoms with van der Waals surface area (Å²) in [5.74, 6) is -0.616. The van der Waals surface area contributed by atoms with Gasteiger partial charge in [0.25, 0.3) is 5.91 Å². The van der Waals surface area contributed by atoms with Gasteiger partial charge in [-0.2, -0.15) is 0 Å². The van der Waals surface area contributed by atoms with Crippen molar-refractivity contribution in [2.45, 2.75) is 25.3 Å². The Morgan fingerprint density at radius 1 is 1.30 bits per heavy atom. The van der Waals surface area contributed by atoms with Crippen molar-refractivity contribution in [1.29, 1.82) is 0 Å². The topological polar surface area (TPSA) is 104 Å². The fraction of sp³-hybridized carbons (Fsp3) is 0.421. The number of H-pyrrole nitrogens is 1. The SMILES string of the molecule is COCCCNC(=O)C[C@@H]1NC(=O)N(CCc2c[nH]c3ccccc23)C1=O. The van der Waals surface area contributed by atoms with Crippen LogP contribution in [-0.2, 0) is 20.7 Å². The second kappa shape index (κ2) is 8.68. The zero-order valence-electron chi connectivity index (χ0n) is 15.3. The van der Waals surface area contributed by atoms with Crippen LogP contribution in [0.5, 0.6) is 0 Å². The standard InChI is InChI=1S/C19H24N4O4/c1-27-10-4-8-20-17(24)11-16-18(25)23(19(26)22-16)9-7-13-12-21-15-6-3-2-5-14(13)15/h2-3,5-6,12,16,21H,4,7-11H2,1H3,(H,20,24)(H,22,26)/t16-/m0/s1. The molecular weight excluding hydrogens is 348 g/mol. The maximum absolute atomic E-state index is 12.5. The van der Waals surface area contributed by atoms with Crippen LogP contribution in [0.4, 0.5) is 4.79 Å². The summed E-state index contributed by atoms with van der Waals surface area (Å²) in [5, 5.41) is 6.40. The van der Waals surface area contributed by atoms with Gasteiger partial charge in [0.1, 0.15) is 6.04 Å². The van der Waals surface area contributed by atoms with Gasteiger partial charge in [0.05, 0.1) is 6.42 Å². The molecule has 0 spiro atoms. The number of nitrogens with one attached hydrogen (secondary N) is 3. The van der Waals surface area contributed by atoms with Crippen molar-refractivity contribution in [1.82, 2.24) is 20.5 Å². The van der Waals surface area contributed by atoms with E-state index in [1.165, 1.54) is 4.90 Å². The molecule has 1 aliphatic rings. The molecule has 8 heteroatoms. The molecule has 0 bridgehead atoms. The number of hydrogen-bond acceptors (Lipinski definition) is 4. The van der Waals surface area contributed by atoms with Crippen LogP contribution < -0.4 is 10.6 Å². The van der Waals surface area contributed by atoms with E-state index in [9.17, 15) is 14.4 Å². The van der Waals surface area contributed by atoms with E-state index in [1.807, 2.05) is 30.5 Å². The molecular formula is C19H24N4O4. The largest absolute Gasteiger partial charge is 0.385 e. The van der Waals surface area contributed by atoms with Crippen LogP contribution in [-0.4, -0.2) is 60.6 Å². The minimum absolute atomic E-state index is 0.0544. The number of nitrogens with zero attached hydrogens (tertiary/aromatic N) is 1. The lowest BCUT2D eigenvalue weighted by atomic mass is 10.1. The van der Waals surface area contributed by atoms with Crippen LogP contribution in [0.1, 0.15) is 18.4 Å². The Hall–Kier alpha value is -2.87. The maximum Gasteiger partial charge on any atom is 0.324 e. The van der Waals surface area contributed by atoms with E-state index in [1.54, 1.807) is 7.11 Å². The number of imide groups is 1.